The second-order valence-corrected chi connectivity index (χ2v) is 2.03. The van der Waals surface area contributed by atoms with Crippen LogP contribution in [0.2, 0.25) is 0 Å². The second-order valence-electron chi connectivity index (χ2n) is 2.03. The summed E-state index contributed by atoms with van der Waals surface area (Å²) in [7, 11) is 0. The summed E-state index contributed by atoms with van der Waals surface area (Å²) in [6.45, 7) is 0. The lowest BCUT2D eigenvalue weighted by Crippen LogP contribution is -1.88. The fourth-order valence-corrected chi connectivity index (χ4v) is 0.652. The van der Waals surface area contributed by atoms with Gasteiger partial charge in [-0.15, -0.1) is 0 Å². The van der Waals surface area contributed by atoms with Gasteiger partial charge in [0.2, 0.25) is 0 Å². The first-order chi connectivity index (χ1) is 5.09. The van der Waals surface area contributed by atoms with Gasteiger partial charge in [0.1, 0.15) is 5.75 Å². The molecule has 1 aromatic rings. The molecule has 0 bridgehead atoms. The zero-order valence-corrected chi connectivity index (χ0v) is 5.48. The lowest BCUT2D eigenvalue weighted by atomic mass is 10.4. The molecule has 0 amide bonds. The quantitative estimate of drug-likeness (QED) is 0.497. The van der Waals surface area contributed by atoms with E-state index in [-0.39, 0.29) is 5.75 Å². The van der Waals surface area contributed by atoms with Crippen molar-refractivity contribution < 1.29 is 15.3 Å². The van der Waals surface area contributed by atoms with E-state index in [9.17, 15) is 4.79 Å². The van der Waals surface area contributed by atoms with Crippen molar-refractivity contribution in [2.75, 3.05) is 0 Å². The van der Waals surface area contributed by atoms with Gasteiger partial charge in [-0.1, -0.05) is 0 Å². The van der Waals surface area contributed by atoms with E-state index in [4.69, 9.17) is 15.3 Å². The molecule has 0 radical (unpaired) electrons. The molecular formula is C7H6O4. The second kappa shape index (κ2) is 2.49. The number of hydrogen-bond acceptors (Lipinski definition) is 4. The molecule has 58 valence electrons. The average Bonchev–Trinajstić information content (AvgIpc) is 1.93. The molecule has 4 nitrogen and oxygen atoms in total. The fourth-order valence-electron chi connectivity index (χ4n) is 0.652. The summed E-state index contributed by atoms with van der Waals surface area (Å²) in [5.41, 5.74) is -0.569. The van der Waals surface area contributed by atoms with E-state index in [2.05, 4.69) is 0 Å². The van der Waals surface area contributed by atoms with Gasteiger partial charge in [0.15, 0.2) is 16.9 Å². The van der Waals surface area contributed by atoms with Gasteiger partial charge in [0.05, 0.1) is 0 Å². The third kappa shape index (κ3) is 1.61. The molecule has 0 atom stereocenters. The molecule has 4 heteroatoms. The molecule has 0 aromatic heterocycles. The third-order valence-electron chi connectivity index (χ3n) is 1.12. The smallest absolute Gasteiger partial charge is 0.186 e. The van der Waals surface area contributed by atoms with Crippen molar-refractivity contribution in [3.63, 3.8) is 0 Å². The zero-order valence-electron chi connectivity index (χ0n) is 5.48. The van der Waals surface area contributed by atoms with Gasteiger partial charge < -0.3 is 15.3 Å². The Labute approximate surface area is 62.0 Å². The van der Waals surface area contributed by atoms with Gasteiger partial charge in [-0.25, -0.2) is 0 Å². The molecule has 0 fully saturated rings. The van der Waals surface area contributed by atoms with Crippen molar-refractivity contribution in [1.82, 2.24) is 0 Å². The van der Waals surface area contributed by atoms with Crippen LogP contribution in [-0.2, 0) is 0 Å². The molecule has 0 saturated carbocycles. The molecular weight excluding hydrogens is 148 g/mol. The predicted octanol–water partition coefficient (Wildman–Crippen LogP) is 0.164. The summed E-state index contributed by atoms with van der Waals surface area (Å²) >= 11 is 0. The minimum Gasteiger partial charge on any atom is -0.508 e. The van der Waals surface area contributed by atoms with Crippen LogP contribution in [0.4, 0.5) is 0 Å². The van der Waals surface area contributed by atoms with E-state index in [0.717, 1.165) is 18.2 Å². The first kappa shape index (κ1) is 7.40. The van der Waals surface area contributed by atoms with E-state index in [1.807, 2.05) is 0 Å². The Morgan fingerprint density at radius 2 is 1.45 bits per heavy atom. The minimum absolute atomic E-state index is 0.382. The summed E-state index contributed by atoms with van der Waals surface area (Å²) < 4.78 is 0. The third-order valence-corrected chi connectivity index (χ3v) is 1.12. The number of aromatic hydroxyl groups is 3. The molecule has 3 N–H and O–H groups in total. The molecule has 0 saturated heterocycles. The van der Waals surface area contributed by atoms with E-state index >= 15 is 0 Å². The minimum atomic E-state index is -0.569. The summed E-state index contributed by atoms with van der Waals surface area (Å²) in [6, 6.07) is 2.59. The molecule has 11 heavy (non-hydrogen) atoms. The van der Waals surface area contributed by atoms with Crippen molar-refractivity contribution in [2.24, 2.45) is 0 Å². The zero-order chi connectivity index (χ0) is 8.43. The Bertz CT molecular complexity index is 332. The highest BCUT2D eigenvalue weighted by Crippen LogP contribution is 2.23. The summed E-state index contributed by atoms with van der Waals surface area (Å²) in [6.07, 6.45) is 0. The molecule has 0 aliphatic heterocycles. The van der Waals surface area contributed by atoms with Crippen molar-refractivity contribution in [1.29, 1.82) is 0 Å². The molecule has 1 aromatic carbocycles. The SMILES string of the molecule is O=c1cc(O)cc(O)c(O)c1. The normalized spacial score (nSPS) is 9.45. The molecule has 0 unspecified atom stereocenters. The molecule has 0 aliphatic carbocycles. The largest absolute Gasteiger partial charge is 0.508 e. The van der Waals surface area contributed by atoms with E-state index in [0.29, 0.717) is 0 Å². The van der Waals surface area contributed by atoms with Crippen molar-refractivity contribution in [3.8, 4) is 17.2 Å². The first-order valence-electron chi connectivity index (χ1n) is 2.86. The standard InChI is InChI=1S/C7H6O4/c8-4-1-5(9)3-7(11)6(10)2-4/h1-3,8,10-11H. The van der Waals surface area contributed by atoms with E-state index in [1.165, 1.54) is 0 Å². The Balaban J connectivity index is 3.53. The van der Waals surface area contributed by atoms with Gasteiger partial charge in [-0.05, 0) is 0 Å². The van der Waals surface area contributed by atoms with Crippen LogP contribution in [0, 0.1) is 0 Å². The highest BCUT2D eigenvalue weighted by molar-refractivity contribution is 5.40. The van der Waals surface area contributed by atoms with Crippen molar-refractivity contribution >= 4 is 0 Å². The maximum absolute atomic E-state index is 10.6. The van der Waals surface area contributed by atoms with Crippen LogP contribution in [0.3, 0.4) is 0 Å². The fraction of sp³-hybridized carbons (Fsp3) is 0. The lowest BCUT2D eigenvalue weighted by molar-refractivity contribution is 0.401. The van der Waals surface area contributed by atoms with Crippen LogP contribution in [0.25, 0.3) is 0 Å². The number of rotatable bonds is 0. The first-order valence-corrected chi connectivity index (χ1v) is 2.86. The van der Waals surface area contributed by atoms with Gasteiger partial charge in [0, 0.05) is 18.2 Å². The van der Waals surface area contributed by atoms with Crippen LogP contribution in [-0.4, -0.2) is 15.3 Å². The van der Waals surface area contributed by atoms with Crippen molar-refractivity contribution in [3.05, 3.63) is 28.4 Å². The molecule has 1 rings (SSSR count). The van der Waals surface area contributed by atoms with Crippen LogP contribution in [0.5, 0.6) is 17.2 Å². The van der Waals surface area contributed by atoms with E-state index in [1.54, 1.807) is 0 Å². The topological polar surface area (TPSA) is 77.8 Å². The average molecular weight is 154 g/mol. The predicted molar refractivity (Wildman–Crippen MR) is 37.7 cm³/mol. The molecule has 0 aliphatic rings. The summed E-state index contributed by atoms with van der Waals surface area (Å²) in [5.74, 6) is -1.45. The van der Waals surface area contributed by atoms with Crippen LogP contribution in [0.15, 0.2) is 23.0 Å². The van der Waals surface area contributed by atoms with Gasteiger partial charge >= 0.3 is 0 Å². The molecule has 0 spiro atoms. The van der Waals surface area contributed by atoms with Gasteiger partial charge in [0.25, 0.3) is 0 Å². The van der Waals surface area contributed by atoms with Crippen LogP contribution < -0.4 is 5.43 Å². The molecule has 0 heterocycles. The Morgan fingerprint density at radius 3 is 2.09 bits per heavy atom. The van der Waals surface area contributed by atoms with Crippen LogP contribution in [0.1, 0.15) is 0 Å². The Kier molecular flexibility index (Phi) is 1.68. The van der Waals surface area contributed by atoms with E-state index < -0.39 is 16.9 Å². The van der Waals surface area contributed by atoms with Crippen LogP contribution >= 0.6 is 0 Å². The highest BCUT2D eigenvalue weighted by Gasteiger charge is 1.98. The monoisotopic (exact) mass is 154 g/mol. The highest BCUT2D eigenvalue weighted by atomic mass is 16.3. The maximum atomic E-state index is 10.6. The number of hydrogen-bond donors (Lipinski definition) is 3. The Morgan fingerprint density at radius 1 is 0.909 bits per heavy atom. The van der Waals surface area contributed by atoms with Gasteiger partial charge in [-0.3, -0.25) is 4.79 Å². The summed E-state index contributed by atoms with van der Waals surface area (Å²) in [4.78, 5) is 10.6. The lowest BCUT2D eigenvalue weighted by Gasteiger charge is -1.87. The van der Waals surface area contributed by atoms with Crippen molar-refractivity contribution in [2.45, 2.75) is 0 Å². The summed E-state index contributed by atoms with van der Waals surface area (Å²) in [5, 5.41) is 26.5. The van der Waals surface area contributed by atoms with Gasteiger partial charge in [-0.2, -0.15) is 0 Å². The maximum Gasteiger partial charge on any atom is 0.186 e. The Hall–Kier alpha value is -1.71.